The first-order valence-corrected chi connectivity index (χ1v) is 10.1. The molecule has 3 rings (SSSR count). The number of hydrogen-bond acceptors (Lipinski definition) is 3. The molecule has 2 N–H and O–H groups in total. The zero-order valence-corrected chi connectivity index (χ0v) is 19.8. The van der Waals surface area contributed by atoms with Crippen LogP contribution in [0.3, 0.4) is 0 Å². The van der Waals surface area contributed by atoms with Gasteiger partial charge in [-0.1, -0.05) is 24.4 Å². The van der Waals surface area contributed by atoms with E-state index >= 15 is 0 Å². The van der Waals surface area contributed by atoms with Crippen molar-refractivity contribution in [2.24, 2.45) is 16.1 Å². The fourth-order valence-corrected chi connectivity index (χ4v) is 4.27. The van der Waals surface area contributed by atoms with Crippen LogP contribution in [-0.2, 0) is 4.79 Å². The summed E-state index contributed by atoms with van der Waals surface area (Å²) in [5, 5.41) is 0.752. The van der Waals surface area contributed by atoms with Gasteiger partial charge in [-0.3, -0.25) is 9.79 Å². The molecule has 1 heterocycles. The van der Waals surface area contributed by atoms with Crippen LogP contribution in [0.1, 0.15) is 25.7 Å². The molecule has 0 atom stereocenters. The molecule has 156 valence electrons. The van der Waals surface area contributed by atoms with Crippen molar-refractivity contribution in [1.29, 1.82) is 0 Å². The number of halogens is 2. The minimum absolute atomic E-state index is 0. The van der Waals surface area contributed by atoms with Gasteiger partial charge >= 0.3 is 0 Å². The molecule has 1 amide bonds. The molecule has 0 spiro atoms. The predicted molar refractivity (Wildman–Crippen MR) is 127 cm³/mol. The van der Waals surface area contributed by atoms with E-state index in [4.69, 9.17) is 17.3 Å². The first-order valence-electron chi connectivity index (χ1n) is 9.68. The molecular weight excluding hydrogens is 489 g/mol. The number of amides is 1. The molecule has 1 aromatic rings. The van der Waals surface area contributed by atoms with Gasteiger partial charge in [0.1, 0.15) is 0 Å². The van der Waals surface area contributed by atoms with Crippen LogP contribution in [0, 0.1) is 5.41 Å². The fourth-order valence-electron chi connectivity index (χ4n) is 4.14. The van der Waals surface area contributed by atoms with Gasteiger partial charge < -0.3 is 20.4 Å². The van der Waals surface area contributed by atoms with Gasteiger partial charge in [0.2, 0.25) is 5.91 Å². The first kappa shape index (κ1) is 23.1. The Labute approximate surface area is 190 Å². The molecule has 0 radical (unpaired) electrons. The Kier molecular flexibility index (Phi) is 8.24. The Hall–Kier alpha value is -1.22. The Morgan fingerprint density at radius 3 is 2.25 bits per heavy atom. The van der Waals surface area contributed by atoms with Crippen LogP contribution in [0.5, 0.6) is 0 Å². The van der Waals surface area contributed by atoms with Crippen LogP contribution in [0.15, 0.2) is 29.3 Å². The monoisotopic (exact) mass is 519 g/mol. The second-order valence-corrected chi connectivity index (χ2v) is 8.25. The number of hydrogen-bond donors (Lipinski definition) is 1. The lowest BCUT2D eigenvalue weighted by atomic mass is 9.85. The highest BCUT2D eigenvalue weighted by molar-refractivity contribution is 14.0. The highest BCUT2D eigenvalue weighted by atomic mass is 127. The van der Waals surface area contributed by atoms with Gasteiger partial charge in [0.05, 0.1) is 12.0 Å². The third kappa shape index (κ3) is 5.23. The van der Waals surface area contributed by atoms with E-state index in [1.807, 2.05) is 38.4 Å². The summed E-state index contributed by atoms with van der Waals surface area (Å²) in [6, 6.07) is 7.93. The van der Waals surface area contributed by atoms with Crippen molar-refractivity contribution in [3.63, 3.8) is 0 Å². The van der Waals surface area contributed by atoms with E-state index in [0.29, 0.717) is 12.5 Å². The maximum Gasteiger partial charge on any atom is 0.230 e. The SMILES string of the molecule is CN(C)C(=O)C1(CN=C(N)N2CCN(c3ccc(Cl)cc3)CC2)CCCC1.I. The summed E-state index contributed by atoms with van der Waals surface area (Å²) in [6.45, 7) is 3.92. The van der Waals surface area contributed by atoms with E-state index in [2.05, 4.69) is 14.8 Å². The predicted octanol–water partition coefficient (Wildman–Crippen LogP) is 3.04. The van der Waals surface area contributed by atoms with E-state index in [1.54, 1.807) is 4.90 Å². The Bertz CT molecular complexity index is 680. The van der Waals surface area contributed by atoms with Crippen LogP contribution in [0.25, 0.3) is 0 Å². The van der Waals surface area contributed by atoms with Crippen LogP contribution in [0.2, 0.25) is 5.02 Å². The average molecular weight is 520 g/mol. The smallest absolute Gasteiger partial charge is 0.230 e. The largest absolute Gasteiger partial charge is 0.370 e. The van der Waals surface area contributed by atoms with Gasteiger partial charge in [0.25, 0.3) is 0 Å². The van der Waals surface area contributed by atoms with Crippen molar-refractivity contribution in [3.8, 4) is 0 Å². The Morgan fingerprint density at radius 2 is 1.71 bits per heavy atom. The van der Waals surface area contributed by atoms with E-state index in [1.165, 1.54) is 5.69 Å². The second kappa shape index (κ2) is 10.0. The molecule has 1 aliphatic heterocycles. The van der Waals surface area contributed by atoms with Crippen molar-refractivity contribution < 1.29 is 4.79 Å². The summed E-state index contributed by atoms with van der Waals surface area (Å²) < 4.78 is 0. The number of nitrogens with zero attached hydrogens (tertiary/aromatic N) is 4. The average Bonchev–Trinajstić information content (AvgIpc) is 3.16. The molecule has 6 nitrogen and oxygen atoms in total. The maximum atomic E-state index is 12.7. The van der Waals surface area contributed by atoms with Crippen molar-refractivity contribution in [1.82, 2.24) is 9.80 Å². The van der Waals surface area contributed by atoms with E-state index in [9.17, 15) is 4.79 Å². The summed E-state index contributed by atoms with van der Waals surface area (Å²) in [5.74, 6) is 0.743. The van der Waals surface area contributed by atoms with Gasteiger partial charge in [-0.05, 0) is 37.1 Å². The Morgan fingerprint density at radius 1 is 1.14 bits per heavy atom. The minimum Gasteiger partial charge on any atom is -0.370 e. The third-order valence-electron chi connectivity index (χ3n) is 5.76. The molecule has 8 heteroatoms. The number of anilines is 1. The van der Waals surface area contributed by atoms with Crippen molar-refractivity contribution in [2.45, 2.75) is 25.7 Å². The summed E-state index contributed by atoms with van der Waals surface area (Å²) in [7, 11) is 3.65. The lowest BCUT2D eigenvalue weighted by molar-refractivity contribution is -0.138. The quantitative estimate of drug-likeness (QED) is 0.377. The topological polar surface area (TPSA) is 65.2 Å². The van der Waals surface area contributed by atoms with Crippen LogP contribution >= 0.6 is 35.6 Å². The molecular formula is C20H31ClIN5O. The summed E-state index contributed by atoms with van der Waals surface area (Å²) >= 11 is 5.97. The standard InChI is InChI=1S/C20H30ClN5O.HI/c1-24(2)18(27)20(9-3-4-10-20)15-23-19(22)26-13-11-25(12-14-26)17-7-5-16(21)6-8-17;/h5-8H,3-4,9-15H2,1-2H3,(H2,22,23);1H. The summed E-state index contributed by atoms with van der Waals surface area (Å²) in [4.78, 5) is 23.5. The molecule has 1 saturated carbocycles. The van der Waals surface area contributed by atoms with Gasteiger partial charge in [-0.2, -0.15) is 0 Å². The third-order valence-corrected chi connectivity index (χ3v) is 6.01. The summed E-state index contributed by atoms with van der Waals surface area (Å²) in [6.07, 6.45) is 4.00. The molecule has 0 bridgehead atoms. The zero-order valence-electron chi connectivity index (χ0n) is 16.7. The van der Waals surface area contributed by atoms with Crippen molar-refractivity contribution in [2.75, 3.05) is 51.7 Å². The maximum absolute atomic E-state index is 12.7. The molecule has 0 aromatic heterocycles. The van der Waals surface area contributed by atoms with Gasteiger partial charge in [-0.15, -0.1) is 24.0 Å². The molecule has 1 saturated heterocycles. The molecule has 1 aliphatic carbocycles. The zero-order chi connectivity index (χ0) is 19.4. The van der Waals surface area contributed by atoms with Crippen molar-refractivity contribution >= 4 is 53.1 Å². The number of guanidine groups is 1. The molecule has 0 unspecified atom stereocenters. The van der Waals surface area contributed by atoms with Crippen LogP contribution in [-0.4, -0.2) is 68.5 Å². The number of piperazine rings is 1. The fraction of sp³-hybridized carbons (Fsp3) is 0.600. The van der Waals surface area contributed by atoms with E-state index < -0.39 is 0 Å². The Balaban J connectivity index is 0.00000280. The number of carbonyl (C=O) groups is 1. The highest BCUT2D eigenvalue weighted by Crippen LogP contribution is 2.39. The normalized spacial score (nSPS) is 19.3. The summed E-state index contributed by atoms with van der Waals surface area (Å²) in [5.41, 5.74) is 7.10. The van der Waals surface area contributed by atoms with Gasteiger partial charge in [-0.25, -0.2) is 0 Å². The number of carbonyl (C=O) groups excluding carboxylic acids is 1. The molecule has 2 fully saturated rings. The highest BCUT2D eigenvalue weighted by Gasteiger charge is 2.42. The lowest BCUT2D eigenvalue weighted by Gasteiger charge is -2.37. The van der Waals surface area contributed by atoms with Crippen molar-refractivity contribution in [3.05, 3.63) is 29.3 Å². The number of nitrogens with two attached hydrogens (primary N) is 1. The number of rotatable bonds is 4. The van der Waals surface area contributed by atoms with Crippen LogP contribution in [0.4, 0.5) is 5.69 Å². The minimum atomic E-state index is -0.362. The van der Waals surface area contributed by atoms with Crippen LogP contribution < -0.4 is 10.6 Å². The van der Waals surface area contributed by atoms with E-state index in [0.717, 1.165) is 56.9 Å². The second-order valence-electron chi connectivity index (χ2n) is 7.81. The number of benzene rings is 1. The lowest BCUT2D eigenvalue weighted by Crippen LogP contribution is -2.51. The first-order chi connectivity index (χ1) is 12.9. The number of aliphatic imine (C=N–C) groups is 1. The molecule has 28 heavy (non-hydrogen) atoms. The van der Waals surface area contributed by atoms with Gasteiger partial charge in [0, 0.05) is 51.0 Å². The molecule has 1 aromatic carbocycles. The molecule has 2 aliphatic rings. The van der Waals surface area contributed by atoms with E-state index in [-0.39, 0.29) is 35.3 Å². The van der Waals surface area contributed by atoms with Gasteiger partial charge in [0.15, 0.2) is 5.96 Å².